The number of benzene rings is 2. The highest BCUT2D eigenvalue weighted by Crippen LogP contribution is 2.23. The van der Waals surface area contributed by atoms with Crippen molar-refractivity contribution in [2.75, 3.05) is 40.0 Å². The predicted octanol–water partition coefficient (Wildman–Crippen LogP) is 1.49. The summed E-state index contributed by atoms with van der Waals surface area (Å²) in [5, 5.41) is 50.5. The smallest absolute Gasteiger partial charge is 0.407 e. The molecule has 0 aliphatic rings. The number of carbonyl (C=O) groups excluding carboxylic acids is 2. The van der Waals surface area contributed by atoms with Gasteiger partial charge in [-0.1, -0.05) is 42.5 Å². The molecule has 0 unspecified atom stereocenters. The molecule has 0 heterocycles. The molecule has 252 valence electrons. The molecule has 0 bridgehead atoms. The average Bonchev–Trinajstić information content (AvgIpc) is 2.96. The van der Waals surface area contributed by atoms with E-state index in [4.69, 9.17) is 14.2 Å². The number of nitrogens with zero attached hydrogens (tertiary/aromatic N) is 1. The van der Waals surface area contributed by atoms with Gasteiger partial charge in [0.1, 0.15) is 24.1 Å². The molecule has 12 nitrogen and oxygen atoms in total. The number of aliphatic hydroxyl groups excluding tert-OH is 3. The monoisotopic (exact) mass is 632 g/mol. The van der Waals surface area contributed by atoms with E-state index in [0.29, 0.717) is 25.4 Å². The molecule has 2 aromatic rings. The Morgan fingerprint density at radius 3 is 2.04 bits per heavy atom. The van der Waals surface area contributed by atoms with Crippen LogP contribution in [-0.4, -0.2) is 108 Å². The molecule has 45 heavy (non-hydrogen) atoms. The zero-order chi connectivity index (χ0) is 33.6. The number of carbonyl (C=O) groups is 2. The summed E-state index contributed by atoms with van der Waals surface area (Å²) >= 11 is 0. The summed E-state index contributed by atoms with van der Waals surface area (Å²) in [5.41, 5.74) is -0.370. The Morgan fingerprint density at radius 1 is 0.889 bits per heavy atom. The van der Waals surface area contributed by atoms with E-state index in [9.17, 15) is 30.0 Å². The molecule has 0 aliphatic carbocycles. The van der Waals surface area contributed by atoms with Gasteiger partial charge >= 0.3 is 6.09 Å². The minimum absolute atomic E-state index is 0.0285. The lowest BCUT2D eigenvalue weighted by Crippen LogP contribution is -2.64. The van der Waals surface area contributed by atoms with Crippen molar-refractivity contribution in [2.45, 2.75) is 82.9 Å². The van der Waals surface area contributed by atoms with E-state index < -0.39 is 54.2 Å². The number of rotatable bonds is 18. The molecule has 5 N–H and O–H groups in total. The third-order valence-corrected chi connectivity index (χ3v) is 7.11. The Hall–Kier alpha value is -3.42. The Balaban J connectivity index is 2.18. The van der Waals surface area contributed by atoms with Gasteiger partial charge in [0.25, 0.3) is 0 Å². The highest BCUT2D eigenvalue weighted by Gasteiger charge is 2.36. The number of nitrogens with one attached hydrogen (secondary N) is 2. The molecule has 4 atom stereocenters. The van der Waals surface area contributed by atoms with Crippen LogP contribution in [0.15, 0.2) is 54.6 Å². The summed E-state index contributed by atoms with van der Waals surface area (Å²) in [4.78, 5) is 25.8. The van der Waals surface area contributed by atoms with Crippen LogP contribution >= 0.6 is 0 Å². The minimum atomic E-state index is -1.54. The van der Waals surface area contributed by atoms with E-state index in [0.717, 1.165) is 16.0 Å². The number of hydrogen-bond donors (Lipinski definition) is 5. The van der Waals surface area contributed by atoms with Gasteiger partial charge in [-0.3, -0.25) is 0 Å². The van der Waals surface area contributed by atoms with E-state index >= 15 is 0 Å². The maximum Gasteiger partial charge on any atom is 0.407 e. The summed E-state index contributed by atoms with van der Waals surface area (Å²) in [6.45, 7) is 8.49. The van der Waals surface area contributed by atoms with Crippen LogP contribution in [0.2, 0.25) is 0 Å². The molecule has 2 aromatic carbocycles. The quantitative estimate of drug-likeness (QED) is 0.152. The van der Waals surface area contributed by atoms with Crippen LogP contribution in [0, 0.1) is 0 Å². The molecule has 0 saturated heterocycles. The van der Waals surface area contributed by atoms with Crippen molar-refractivity contribution in [3.05, 3.63) is 65.7 Å². The second-order valence-corrected chi connectivity index (χ2v) is 12.6. The van der Waals surface area contributed by atoms with Gasteiger partial charge in [0, 0.05) is 20.2 Å². The van der Waals surface area contributed by atoms with Crippen LogP contribution in [0.3, 0.4) is 0 Å². The van der Waals surface area contributed by atoms with Gasteiger partial charge in [-0.25, -0.2) is 4.79 Å². The molecule has 0 aromatic heterocycles. The summed E-state index contributed by atoms with van der Waals surface area (Å²) in [6, 6.07) is 14.7. The summed E-state index contributed by atoms with van der Waals surface area (Å²) in [6.07, 6.45) is -4.12. The molecule has 0 radical (unpaired) electrons. The van der Waals surface area contributed by atoms with Crippen molar-refractivity contribution in [3.63, 3.8) is 0 Å². The Kier molecular flexibility index (Phi) is 15.0. The topological polar surface area (TPSA) is 173 Å². The molecular formula is C33H50N3O9-. The van der Waals surface area contributed by atoms with Crippen molar-refractivity contribution in [1.29, 1.82) is 0 Å². The van der Waals surface area contributed by atoms with E-state index in [1.54, 1.807) is 66.0 Å². The van der Waals surface area contributed by atoms with Crippen LogP contribution in [0.25, 0.3) is 0 Å². The number of methoxy groups -OCH3 is 1. The van der Waals surface area contributed by atoms with Crippen molar-refractivity contribution >= 4 is 12.2 Å². The summed E-state index contributed by atoms with van der Waals surface area (Å²) < 4.78 is 16.0. The van der Waals surface area contributed by atoms with Crippen molar-refractivity contribution in [3.8, 4) is 5.75 Å². The molecular weight excluding hydrogens is 582 g/mol. The van der Waals surface area contributed by atoms with Crippen LogP contribution < -0.4 is 20.5 Å². The van der Waals surface area contributed by atoms with Crippen molar-refractivity contribution in [1.82, 2.24) is 15.5 Å². The molecule has 0 spiro atoms. The van der Waals surface area contributed by atoms with Crippen LogP contribution in [0.1, 0.15) is 45.7 Å². The number of alkyl carbamates (subject to hydrolysis) is 1. The number of carboxylic acid groups (broad SMARTS) is 1. The average molecular weight is 633 g/mol. The fourth-order valence-corrected chi connectivity index (χ4v) is 4.78. The zero-order valence-corrected chi connectivity index (χ0v) is 27.2. The first-order chi connectivity index (χ1) is 21.2. The normalized spacial score (nSPS) is 14.6. The number of aliphatic hydroxyl groups is 3. The summed E-state index contributed by atoms with van der Waals surface area (Å²) in [5.74, 6) is 0.612. The number of ether oxygens (including phenoxy) is 3. The predicted molar refractivity (Wildman–Crippen MR) is 168 cm³/mol. The number of hydrogen-bond acceptors (Lipinski definition) is 10. The third-order valence-electron chi connectivity index (χ3n) is 7.11. The first kappa shape index (κ1) is 37.8. The van der Waals surface area contributed by atoms with E-state index in [1.165, 1.54) is 0 Å². The standard InChI is InChI=1S/C33H51N3O9/c1-32(2,3)45-30(40)35-26(18-23-10-8-7-9-11-23)28(38)20-34-21-29(39)27(36(31(41)42)33(4,5)22-37)19-24-12-14-25(15-13-24)44-17-16-43-6/h7-15,26-29,34,37-39H,16-22H2,1-6H3,(H,35,40)(H,41,42)/p-1/t26-,27-,28+,29+/m0/s1. The Morgan fingerprint density at radius 2 is 1.49 bits per heavy atom. The van der Waals surface area contributed by atoms with Gasteiger partial charge in [0.05, 0.1) is 43.0 Å². The lowest BCUT2D eigenvalue weighted by atomic mass is 9.94. The second kappa shape index (κ2) is 17.9. The lowest BCUT2D eigenvalue weighted by Gasteiger charge is -2.46. The van der Waals surface area contributed by atoms with E-state index in [-0.39, 0.29) is 19.5 Å². The fourth-order valence-electron chi connectivity index (χ4n) is 4.78. The van der Waals surface area contributed by atoms with Gasteiger partial charge in [-0.2, -0.15) is 0 Å². The number of amides is 2. The molecule has 12 heteroatoms. The lowest BCUT2D eigenvalue weighted by molar-refractivity contribution is -0.277. The summed E-state index contributed by atoms with van der Waals surface area (Å²) in [7, 11) is 1.58. The SMILES string of the molecule is COCCOc1ccc(C[C@@H]([C@H](O)CNC[C@@H](O)[C@H](Cc2ccccc2)NC(=O)OC(C)(C)C)N(C(=O)[O-])C(C)(C)CO)cc1. The first-order valence-corrected chi connectivity index (χ1v) is 15.1. The van der Waals surface area contributed by atoms with Gasteiger partial charge in [0.2, 0.25) is 0 Å². The first-order valence-electron chi connectivity index (χ1n) is 15.1. The Labute approximate surface area is 266 Å². The molecule has 0 saturated carbocycles. The van der Waals surface area contributed by atoms with E-state index in [2.05, 4.69) is 10.6 Å². The van der Waals surface area contributed by atoms with Crippen LogP contribution in [-0.2, 0) is 22.3 Å². The third kappa shape index (κ3) is 13.2. The van der Waals surface area contributed by atoms with Gasteiger partial charge < -0.3 is 55.0 Å². The highest BCUT2D eigenvalue weighted by atomic mass is 16.6. The van der Waals surface area contributed by atoms with Gasteiger partial charge in [-0.05, 0) is 70.7 Å². The van der Waals surface area contributed by atoms with Crippen LogP contribution in [0.5, 0.6) is 5.75 Å². The molecule has 2 rings (SSSR count). The van der Waals surface area contributed by atoms with E-state index in [1.807, 2.05) is 30.3 Å². The maximum absolute atomic E-state index is 12.6. The molecule has 2 amide bonds. The molecule has 0 fully saturated rings. The van der Waals surface area contributed by atoms with Crippen LogP contribution in [0.4, 0.5) is 9.59 Å². The van der Waals surface area contributed by atoms with Gasteiger partial charge in [-0.15, -0.1) is 0 Å². The van der Waals surface area contributed by atoms with Gasteiger partial charge in [0.15, 0.2) is 0 Å². The van der Waals surface area contributed by atoms with Crippen molar-refractivity contribution < 1.29 is 44.2 Å². The largest absolute Gasteiger partial charge is 0.530 e. The fraction of sp³-hybridized carbons (Fsp3) is 0.576. The zero-order valence-electron chi connectivity index (χ0n) is 27.2. The second-order valence-electron chi connectivity index (χ2n) is 12.6. The molecule has 0 aliphatic heterocycles. The highest BCUT2D eigenvalue weighted by molar-refractivity contribution is 5.68. The maximum atomic E-state index is 12.6. The van der Waals surface area contributed by atoms with Crippen molar-refractivity contribution in [2.24, 2.45) is 0 Å². The Bertz CT molecular complexity index is 1160. The minimum Gasteiger partial charge on any atom is -0.530 e.